The van der Waals surface area contributed by atoms with E-state index < -0.39 is 16.1 Å². The third kappa shape index (κ3) is 10.0. The average Bonchev–Trinajstić information content (AvgIpc) is 2.90. The Morgan fingerprint density at radius 1 is 0.951 bits per heavy atom. The highest BCUT2D eigenvalue weighted by Crippen LogP contribution is 2.31. The van der Waals surface area contributed by atoms with Crippen molar-refractivity contribution >= 4 is 66.7 Å². The van der Waals surface area contributed by atoms with Crippen LogP contribution in [0.15, 0.2) is 77.3 Å². The van der Waals surface area contributed by atoms with Gasteiger partial charge in [-0.1, -0.05) is 81.6 Å². The predicted molar refractivity (Wildman–Crippen MR) is 170 cm³/mol. The van der Waals surface area contributed by atoms with E-state index in [-0.39, 0.29) is 54.5 Å². The number of carbonyl (C=O) groups excluding carboxylic acids is 2. The van der Waals surface area contributed by atoms with Crippen LogP contribution in [0.4, 0.5) is 5.69 Å². The van der Waals surface area contributed by atoms with Crippen LogP contribution in [0, 0.1) is 0 Å². The monoisotopic (exact) mass is 681 g/mol. The lowest BCUT2D eigenvalue weighted by atomic mass is 10.0. The number of rotatable bonds is 13. The van der Waals surface area contributed by atoms with Gasteiger partial charge in [0.2, 0.25) is 21.8 Å². The van der Waals surface area contributed by atoms with Gasteiger partial charge in [0.1, 0.15) is 6.04 Å². The van der Waals surface area contributed by atoms with E-state index in [1.165, 1.54) is 12.1 Å². The van der Waals surface area contributed by atoms with Gasteiger partial charge in [-0.15, -0.1) is 0 Å². The first-order chi connectivity index (χ1) is 19.3. The van der Waals surface area contributed by atoms with Crippen LogP contribution >= 0.6 is 39.1 Å². The molecule has 7 nitrogen and oxygen atoms in total. The molecule has 0 spiro atoms. The van der Waals surface area contributed by atoms with Gasteiger partial charge in [-0.2, -0.15) is 0 Å². The van der Waals surface area contributed by atoms with Crippen molar-refractivity contribution in [1.82, 2.24) is 10.2 Å². The third-order valence-corrected chi connectivity index (χ3v) is 8.56. The number of nitrogens with zero attached hydrogens (tertiary/aromatic N) is 2. The molecule has 3 aromatic rings. The number of sulfonamides is 1. The summed E-state index contributed by atoms with van der Waals surface area (Å²) in [6.45, 7) is 3.97. The summed E-state index contributed by atoms with van der Waals surface area (Å²) < 4.78 is 27.4. The summed E-state index contributed by atoms with van der Waals surface area (Å²) in [7, 11) is -3.72. The summed E-state index contributed by atoms with van der Waals surface area (Å²) in [4.78, 5) is 28.9. The van der Waals surface area contributed by atoms with Crippen molar-refractivity contribution < 1.29 is 18.0 Å². The van der Waals surface area contributed by atoms with Gasteiger partial charge in [-0.25, -0.2) is 8.42 Å². The van der Waals surface area contributed by atoms with Gasteiger partial charge >= 0.3 is 0 Å². The Kier molecular flexibility index (Phi) is 12.1. The fourth-order valence-electron chi connectivity index (χ4n) is 4.38. The zero-order valence-corrected chi connectivity index (χ0v) is 27.1. The SMILES string of the molecule is CC(C)NC(=O)[C@H](Cc1ccccc1)N(Cc1ccc(Br)cc1)C(=O)CCCN(c1cc(Cl)ccc1Cl)S(C)(=O)=O. The molecule has 0 aromatic heterocycles. The highest BCUT2D eigenvalue weighted by molar-refractivity contribution is 9.10. The van der Waals surface area contributed by atoms with Gasteiger partial charge in [-0.3, -0.25) is 13.9 Å². The van der Waals surface area contributed by atoms with Crippen LogP contribution in [0.2, 0.25) is 10.0 Å². The molecule has 0 aliphatic heterocycles. The minimum atomic E-state index is -3.72. The molecule has 11 heteroatoms. The Labute approximate surface area is 261 Å². The molecule has 0 aliphatic rings. The van der Waals surface area contributed by atoms with Crippen molar-refractivity contribution in [1.29, 1.82) is 0 Å². The molecular formula is C30H34BrCl2N3O4S. The number of amides is 2. The smallest absolute Gasteiger partial charge is 0.243 e. The van der Waals surface area contributed by atoms with E-state index in [4.69, 9.17) is 23.2 Å². The summed E-state index contributed by atoms with van der Waals surface area (Å²) >= 11 is 15.8. The van der Waals surface area contributed by atoms with E-state index in [0.29, 0.717) is 11.4 Å². The minimum absolute atomic E-state index is 0.0122. The number of anilines is 1. The third-order valence-electron chi connectivity index (χ3n) is 6.30. The van der Waals surface area contributed by atoms with Crippen molar-refractivity contribution in [3.8, 4) is 0 Å². The van der Waals surface area contributed by atoms with E-state index in [1.54, 1.807) is 11.0 Å². The Balaban J connectivity index is 1.89. The van der Waals surface area contributed by atoms with Gasteiger partial charge in [-0.05, 0) is 61.7 Å². The molecule has 0 saturated carbocycles. The number of carbonyl (C=O) groups is 2. The molecule has 220 valence electrons. The van der Waals surface area contributed by atoms with Crippen LogP contribution in [0.3, 0.4) is 0 Å². The average molecular weight is 683 g/mol. The normalized spacial score (nSPS) is 12.2. The standard InChI is InChI=1S/C30H34BrCl2N3O4S/c1-21(2)34-30(38)28(18-22-8-5-4-6-9-22)35(20-23-11-13-24(31)14-12-23)29(37)10-7-17-36(41(3,39)40)27-19-25(32)15-16-26(27)33/h4-6,8-9,11-16,19,21,28H,7,10,17-18,20H2,1-3H3,(H,34,38)/t28-/m0/s1. The number of hydrogen-bond donors (Lipinski definition) is 1. The highest BCUT2D eigenvalue weighted by Gasteiger charge is 2.31. The van der Waals surface area contributed by atoms with E-state index in [2.05, 4.69) is 21.2 Å². The van der Waals surface area contributed by atoms with Crippen LogP contribution in [-0.2, 0) is 32.6 Å². The lowest BCUT2D eigenvalue weighted by molar-refractivity contribution is -0.141. The van der Waals surface area contributed by atoms with Gasteiger partial charge in [0.05, 0.1) is 17.0 Å². The zero-order valence-electron chi connectivity index (χ0n) is 23.2. The minimum Gasteiger partial charge on any atom is -0.352 e. The number of nitrogens with one attached hydrogen (secondary N) is 1. The summed E-state index contributed by atoms with van der Waals surface area (Å²) in [5.74, 6) is -0.517. The van der Waals surface area contributed by atoms with E-state index in [0.717, 1.165) is 26.2 Å². The Morgan fingerprint density at radius 3 is 2.22 bits per heavy atom. The first kappa shape index (κ1) is 32.9. The first-order valence-corrected chi connectivity index (χ1v) is 16.6. The van der Waals surface area contributed by atoms with Gasteiger partial charge in [0, 0.05) is 41.5 Å². The van der Waals surface area contributed by atoms with Crippen LogP contribution in [-0.4, -0.2) is 50.0 Å². The van der Waals surface area contributed by atoms with Crippen LogP contribution in [0.5, 0.6) is 0 Å². The molecule has 2 amide bonds. The van der Waals surface area contributed by atoms with Crippen molar-refractivity contribution in [2.45, 2.75) is 51.7 Å². The van der Waals surface area contributed by atoms with Crippen molar-refractivity contribution in [2.24, 2.45) is 0 Å². The molecular weight excluding hydrogens is 649 g/mol. The second-order valence-electron chi connectivity index (χ2n) is 10.1. The van der Waals surface area contributed by atoms with Crippen LogP contribution in [0.1, 0.15) is 37.8 Å². The Morgan fingerprint density at radius 2 is 1.61 bits per heavy atom. The maximum atomic E-state index is 13.8. The number of hydrogen-bond acceptors (Lipinski definition) is 4. The second-order valence-corrected chi connectivity index (χ2v) is 13.7. The highest BCUT2D eigenvalue weighted by atomic mass is 79.9. The van der Waals surface area contributed by atoms with Crippen LogP contribution in [0.25, 0.3) is 0 Å². The molecule has 0 saturated heterocycles. The molecule has 1 N–H and O–H groups in total. The van der Waals surface area contributed by atoms with Gasteiger partial charge in [0.25, 0.3) is 0 Å². The first-order valence-electron chi connectivity index (χ1n) is 13.2. The van der Waals surface area contributed by atoms with Gasteiger partial charge < -0.3 is 10.2 Å². The summed E-state index contributed by atoms with van der Waals surface area (Å²) in [5, 5.41) is 3.54. The lowest BCUT2D eigenvalue weighted by Gasteiger charge is -2.32. The topological polar surface area (TPSA) is 86.8 Å². The fraction of sp³-hybridized carbons (Fsp3) is 0.333. The molecule has 3 rings (SSSR count). The van der Waals surface area contributed by atoms with Crippen molar-refractivity contribution in [3.63, 3.8) is 0 Å². The number of halogens is 3. The maximum Gasteiger partial charge on any atom is 0.243 e. The summed E-state index contributed by atoms with van der Waals surface area (Å²) in [6, 6.07) is 20.8. The fourth-order valence-corrected chi connectivity index (χ4v) is 6.05. The Bertz CT molecular complexity index is 1440. The molecule has 0 unspecified atom stereocenters. The molecule has 1 atom stereocenters. The molecule has 41 heavy (non-hydrogen) atoms. The maximum absolute atomic E-state index is 13.8. The predicted octanol–water partition coefficient (Wildman–Crippen LogP) is 6.47. The quantitative estimate of drug-likeness (QED) is 0.224. The number of benzene rings is 3. The molecule has 0 fully saturated rings. The molecule has 3 aromatic carbocycles. The Hall–Kier alpha value is -2.59. The van der Waals surface area contributed by atoms with E-state index >= 15 is 0 Å². The lowest BCUT2D eigenvalue weighted by Crippen LogP contribution is -2.51. The van der Waals surface area contributed by atoms with Crippen LogP contribution < -0.4 is 9.62 Å². The zero-order chi connectivity index (χ0) is 30.2. The molecule has 0 aliphatic carbocycles. The summed E-state index contributed by atoms with van der Waals surface area (Å²) in [5.41, 5.74) is 2.03. The molecule has 0 bridgehead atoms. The van der Waals surface area contributed by atoms with Gasteiger partial charge in [0.15, 0.2) is 0 Å². The second kappa shape index (κ2) is 15.0. The van der Waals surface area contributed by atoms with E-state index in [9.17, 15) is 18.0 Å². The largest absolute Gasteiger partial charge is 0.352 e. The molecule has 0 radical (unpaired) electrons. The molecule has 0 heterocycles. The van der Waals surface area contributed by atoms with E-state index in [1.807, 2.05) is 68.4 Å². The van der Waals surface area contributed by atoms with Crippen molar-refractivity contribution in [3.05, 3.63) is 98.4 Å². The van der Waals surface area contributed by atoms with Crippen molar-refractivity contribution in [2.75, 3.05) is 17.1 Å². The summed E-state index contributed by atoms with van der Waals surface area (Å²) in [6.07, 6.45) is 1.63.